The highest BCUT2D eigenvalue weighted by Crippen LogP contribution is 2.04. The van der Waals surface area contributed by atoms with E-state index in [0.717, 1.165) is 11.3 Å². The second-order valence-electron chi connectivity index (χ2n) is 2.57. The van der Waals surface area contributed by atoms with Crippen molar-refractivity contribution in [2.75, 3.05) is 0 Å². The van der Waals surface area contributed by atoms with E-state index in [1.807, 2.05) is 12.1 Å². The molecular formula is C9H8N4. The molecule has 13 heavy (non-hydrogen) atoms. The van der Waals surface area contributed by atoms with Crippen molar-refractivity contribution >= 4 is 6.21 Å². The van der Waals surface area contributed by atoms with E-state index < -0.39 is 0 Å². The van der Waals surface area contributed by atoms with E-state index in [2.05, 4.69) is 10.1 Å². The molecule has 0 saturated heterocycles. The van der Waals surface area contributed by atoms with Crippen LogP contribution in [-0.2, 0) is 0 Å². The average Bonchev–Trinajstić information content (AvgIpc) is 2.67. The van der Waals surface area contributed by atoms with E-state index in [-0.39, 0.29) is 0 Å². The van der Waals surface area contributed by atoms with E-state index >= 15 is 0 Å². The van der Waals surface area contributed by atoms with Gasteiger partial charge in [0, 0.05) is 24.2 Å². The number of aromatic nitrogens is 3. The maximum Gasteiger partial charge on any atom is 0.0828 e. The van der Waals surface area contributed by atoms with Crippen molar-refractivity contribution in [3.63, 3.8) is 0 Å². The summed E-state index contributed by atoms with van der Waals surface area (Å²) >= 11 is 0. The predicted molar refractivity (Wildman–Crippen MR) is 49.2 cm³/mol. The van der Waals surface area contributed by atoms with Crippen LogP contribution in [0.5, 0.6) is 0 Å². The summed E-state index contributed by atoms with van der Waals surface area (Å²) in [5.41, 5.74) is 1.68. The van der Waals surface area contributed by atoms with Crippen LogP contribution in [0, 0.1) is 5.41 Å². The quantitative estimate of drug-likeness (QED) is 0.693. The molecule has 0 aromatic carbocycles. The first-order chi connectivity index (χ1) is 6.40. The summed E-state index contributed by atoms with van der Waals surface area (Å²) in [6.45, 7) is 0. The summed E-state index contributed by atoms with van der Waals surface area (Å²) in [6, 6.07) is 3.76. The topological polar surface area (TPSA) is 54.6 Å². The Hall–Kier alpha value is -1.97. The van der Waals surface area contributed by atoms with Gasteiger partial charge in [0.1, 0.15) is 0 Å². The van der Waals surface area contributed by atoms with Gasteiger partial charge in [-0.2, -0.15) is 5.10 Å². The highest BCUT2D eigenvalue weighted by atomic mass is 15.3. The molecule has 2 rings (SSSR count). The van der Waals surface area contributed by atoms with Gasteiger partial charge in [-0.15, -0.1) is 0 Å². The summed E-state index contributed by atoms with van der Waals surface area (Å²) in [7, 11) is 0. The van der Waals surface area contributed by atoms with Gasteiger partial charge >= 0.3 is 0 Å². The number of hydrogen-bond donors (Lipinski definition) is 1. The van der Waals surface area contributed by atoms with Gasteiger partial charge in [-0.3, -0.25) is 4.98 Å². The molecule has 64 valence electrons. The third-order valence-electron chi connectivity index (χ3n) is 1.68. The van der Waals surface area contributed by atoms with Crippen LogP contribution in [0.15, 0.2) is 36.9 Å². The molecule has 0 aliphatic heterocycles. The molecular weight excluding hydrogens is 164 g/mol. The minimum atomic E-state index is 0.781. The van der Waals surface area contributed by atoms with Crippen molar-refractivity contribution in [1.82, 2.24) is 14.8 Å². The van der Waals surface area contributed by atoms with Crippen molar-refractivity contribution in [1.29, 1.82) is 5.41 Å². The van der Waals surface area contributed by atoms with Gasteiger partial charge in [-0.25, -0.2) is 4.68 Å². The molecule has 0 atom stereocenters. The highest BCUT2D eigenvalue weighted by Gasteiger charge is 1.97. The van der Waals surface area contributed by atoms with Crippen LogP contribution in [-0.4, -0.2) is 21.0 Å². The van der Waals surface area contributed by atoms with E-state index in [1.165, 1.54) is 6.21 Å². The van der Waals surface area contributed by atoms with Crippen molar-refractivity contribution in [2.24, 2.45) is 0 Å². The lowest BCUT2D eigenvalue weighted by molar-refractivity contribution is 0.874. The molecule has 0 bridgehead atoms. The first kappa shape index (κ1) is 7.67. The van der Waals surface area contributed by atoms with E-state index in [1.54, 1.807) is 29.5 Å². The summed E-state index contributed by atoms with van der Waals surface area (Å²) < 4.78 is 1.69. The molecule has 2 aromatic heterocycles. The molecule has 0 aliphatic rings. The summed E-state index contributed by atoms with van der Waals surface area (Å²) in [4.78, 5) is 3.98. The maximum atomic E-state index is 7.03. The Morgan fingerprint density at radius 3 is 2.92 bits per heavy atom. The largest absolute Gasteiger partial charge is 0.308 e. The summed E-state index contributed by atoms with van der Waals surface area (Å²) in [5, 5.41) is 11.1. The van der Waals surface area contributed by atoms with Crippen LogP contribution >= 0.6 is 0 Å². The zero-order valence-electron chi connectivity index (χ0n) is 6.88. The number of nitrogens with one attached hydrogen (secondary N) is 1. The van der Waals surface area contributed by atoms with Gasteiger partial charge in [-0.1, -0.05) is 0 Å². The molecule has 0 amide bonds. The lowest BCUT2D eigenvalue weighted by Gasteiger charge is -1.97. The molecule has 0 unspecified atom stereocenters. The van der Waals surface area contributed by atoms with Crippen LogP contribution in [0.1, 0.15) is 5.56 Å². The van der Waals surface area contributed by atoms with E-state index in [9.17, 15) is 0 Å². The Balaban J connectivity index is 2.41. The van der Waals surface area contributed by atoms with Crippen LogP contribution in [0.3, 0.4) is 0 Å². The third kappa shape index (κ3) is 1.46. The Bertz CT molecular complexity index is 405. The fraction of sp³-hybridized carbons (Fsp3) is 0. The van der Waals surface area contributed by atoms with Gasteiger partial charge in [0.15, 0.2) is 0 Å². The van der Waals surface area contributed by atoms with Crippen molar-refractivity contribution in [2.45, 2.75) is 0 Å². The van der Waals surface area contributed by atoms with Gasteiger partial charge in [-0.05, 0) is 12.1 Å². The van der Waals surface area contributed by atoms with Gasteiger partial charge in [0.05, 0.1) is 18.1 Å². The van der Waals surface area contributed by atoms with Crippen LogP contribution in [0.25, 0.3) is 5.69 Å². The molecule has 2 heterocycles. The molecule has 4 heteroatoms. The number of pyridine rings is 1. The highest BCUT2D eigenvalue weighted by molar-refractivity contribution is 5.75. The minimum Gasteiger partial charge on any atom is -0.308 e. The number of hydrogen-bond acceptors (Lipinski definition) is 3. The second-order valence-corrected chi connectivity index (χ2v) is 2.57. The monoisotopic (exact) mass is 172 g/mol. The van der Waals surface area contributed by atoms with Gasteiger partial charge in [0.25, 0.3) is 0 Å². The van der Waals surface area contributed by atoms with Gasteiger partial charge in [0.2, 0.25) is 0 Å². The van der Waals surface area contributed by atoms with E-state index in [4.69, 9.17) is 5.41 Å². The average molecular weight is 172 g/mol. The Kier molecular flexibility index (Phi) is 1.88. The van der Waals surface area contributed by atoms with Crippen molar-refractivity contribution in [3.05, 3.63) is 42.5 Å². The smallest absolute Gasteiger partial charge is 0.0828 e. The normalized spacial score (nSPS) is 9.85. The standard InChI is InChI=1S/C9H8N4/c10-4-8-5-12-13(7-8)9-2-1-3-11-6-9/h1-7,10H. The first-order valence-electron chi connectivity index (χ1n) is 3.86. The van der Waals surface area contributed by atoms with Crippen LogP contribution in [0.4, 0.5) is 0 Å². The fourth-order valence-electron chi connectivity index (χ4n) is 1.04. The Morgan fingerprint density at radius 1 is 1.38 bits per heavy atom. The number of nitrogens with zero attached hydrogens (tertiary/aromatic N) is 3. The summed E-state index contributed by atoms with van der Waals surface area (Å²) in [6.07, 6.45) is 8.12. The Labute approximate surface area is 75.4 Å². The number of rotatable bonds is 2. The lowest BCUT2D eigenvalue weighted by atomic mass is 10.4. The SMILES string of the molecule is N=Cc1cnn(-c2cccnc2)c1. The van der Waals surface area contributed by atoms with Crippen molar-refractivity contribution < 1.29 is 0 Å². The molecule has 0 saturated carbocycles. The van der Waals surface area contributed by atoms with Crippen LogP contribution < -0.4 is 0 Å². The molecule has 0 radical (unpaired) electrons. The molecule has 0 fully saturated rings. The molecule has 1 N–H and O–H groups in total. The lowest BCUT2D eigenvalue weighted by Crippen LogP contribution is -1.93. The Morgan fingerprint density at radius 2 is 2.31 bits per heavy atom. The predicted octanol–water partition coefficient (Wildman–Crippen LogP) is 1.26. The second kappa shape index (κ2) is 3.18. The molecule has 0 spiro atoms. The van der Waals surface area contributed by atoms with E-state index in [0.29, 0.717) is 0 Å². The first-order valence-corrected chi connectivity index (χ1v) is 3.86. The fourth-order valence-corrected chi connectivity index (χ4v) is 1.04. The molecule has 2 aromatic rings. The molecule has 0 aliphatic carbocycles. The summed E-state index contributed by atoms with van der Waals surface area (Å²) in [5.74, 6) is 0. The van der Waals surface area contributed by atoms with Gasteiger partial charge < -0.3 is 5.41 Å². The molecule has 4 nitrogen and oxygen atoms in total. The zero-order chi connectivity index (χ0) is 9.10. The third-order valence-corrected chi connectivity index (χ3v) is 1.68. The van der Waals surface area contributed by atoms with Crippen LogP contribution in [0.2, 0.25) is 0 Å². The maximum absolute atomic E-state index is 7.03. The zero-order valence-corrected chi connectivity index (χ0v) is 6.88. The van der Waals surface area contributed by atoms with Crippen molar-refractivity contribution in [3.8, 4) is 5.69 Å². The minimum absolute atomic E-state index is 0.781.